The lowest BCUT2D eigenvalue weighted by Crippen LogP contribution is -2.16. The number of benzene rings is 2. The van der Waals surface area contributed by atoms with Gasteiger partial charge in [-0.15, -0.1) is 11.3 Å². The quantitative estimate of drug-likeness (QED) is 0.219. The first kappa shape index (κ1) is 23.5. The van der Waals surface area contributed by atoms with Gasteiger partial charge in [0.05, 0.1) is 19.8 Å². The van der Waals surface area contributed by atoms with E-state index in [-0.39, 0.29) is 11.5 Å². The van der Waals surface area contributed by atoms with Gasteiger partial charge in [0.25, 0.3) is 5.91 Å². The summed E-state index contributed by atoms with van der Waals surface area (Å²) in [6.45, 7) is 0. The molecule has 150 valence electrons. The third kappa shape index (κ3) is 5.01. The Kier molecular flexibility index (Phi) is 8.05. The van der Waals surface area contributed by atoms with E-state index in [4.69, 9.17) is 4.74 Å². The molecular weight excluding hydrogens is 846 g/mol. The van der Waals surface area contributed by atoms with Crippen molar-refractivity contribution in [1.82, 2.24) is 0 Å². The van der Waals surface area contributed by atoms with E-state index in [1.807, 2.05) is 24.3 Å². The van der Waals surface area contributed by atoms with E-state index in [9.17, 15) is 14.7 Å². The Morgan fingerprint density at radius 2 is 1.83 bits per heavy atom. The van der Waals surface area contributed by atoms with Crippen LogP contribution in [0.25, 0.3) is 11.1 Å². The fourth-order valence-corrected chi connectivity index (χ4v) is 6.90. The van der Waals surface area contributed by atoms with E-state index in [0.29, 0.717) is 16.1 Å². The first-order chi connectivity index (χ1) is 13.7. The van der Waals surface area contributed by atoms with Crippen molar-refractivity contribution in [3.63, 3.8) is 0 Å². The number of hydrogen-bond acceptors (Lipinski definition) is 4. The molecule has 2 N–H and O–H groups in total. The van der Waals surface area contributed by atoms with E-state index >= 15 is 0 Å². The molecule has 2 aromatic carbocycles. The lowest BCUT2D eigenvalue weighted by molar-refractivity contribution is 0.0699. The molecule has 10 heteroatoms. The zero-order valence-corrected chi connectivity index (χ0v) is 24.0. The van der Waals surface area contributed by atoms with Crippen LogP contribution in [0.4, 0.5) is 5.00 Å². The van der Waals surface area contributed by atoms with Crippen LogP contribution >= 0.6 is 102 Å². The number of carbonyl (C=O) groups excluding carboxylic acids is 1. The molecule has 0 aliphatic carbocycles. The number of hydrogen-bond donors (Lipinski definition) is 2. The van der Waals surface area contributed by atoms with Gasteiger partial charge >= 0.3 is 5.97 Å². The molecule has 0 aliphatic heterocycles. The zero-order valence-electron chi connectivity index (χ0n) is 14.6. The second kappa shape index (κ2) is 9.95. The van der Waals surface area contributed by atoms with Crippen LogP contribution in [-0.4, -0.2) is 24.1 Å². The third-order valence-electron chi connectivity index (χ3n) is 3.93. The minimum Gasteiger partial charge on any atom is -0.494 e. The second-order valence-electron chi connectivity index (χ2n) is 5.69. The Morgan fingerprint density at radius 3 is 2.45 bits per heavy atom. The topological polar surface area (TPSA) is 75.6 Å². The molecule has 0 saturated heterocycles. The fourth-order valence-electron chi connectivity index (χ4n) is 2.63. The van der Waals surface area contributed by atoms with Crippen LogP contribution in [0.2, 0.25) is 0 Å². The van der Waals surface area contributed by atoms with Gasteiger partial charge in [0.1, 0.15) is 16.3 Å². The van der Waals surface area contributed by atoms with E-state index in [1.165, 1.54) is 11.3 Å². The Morgan fingerprint density at radius 1 is 1.10 bits per heavy atom. The number of halogens is 4. The van der Waals surface area contributed by atoms with Gasteiger partial charge < -0.3 is 15.2 Å². The molecule has 0 atom stereocenters. The van der Waals surface area contributed by atoms with E-state index in [2.05, 4.69) is 95.7 Å². The average Bonchev–Trinajstić information content (AvgIpc) is 3.09. The number of methoxy groups -OCH3 is 1. The molecule has 1 amide bonds. The summed E-state index contributed by atoms with van der Waals surface area (Å²) in [5, 5.41) is 14.7. The van der Waals surface area contributed by atoms with Gasteiger partial charge in [0.2, 0.25) is 0 Å². The smallest absolute Gasteiger partial charge is 0.339 e. The molecule has 0 unspecified atom stereocenters. The van der Waals surface area contributed by atoms with Crippen LogP contribution in [-0.2, 0) is 0 Å². The summed E-state index contributed by atoms with van der Waals surface area (Å²) in [6, 6.07) is 9.33. The van der Waals surface area contributed by atoms with Gasteiger partial charge in [-0.2, -0.15) is 0 Å². The highest BCUT2D eigenvalue weighted by atomic mass is 127. The molecule has 5 nitrogen and oxygen atoms in total. The maximum Gasteiger partial charge on any atom is 0.339 e. The summed E-state index contributed by atoms with van der Waals surface area (Å²) in [4.78, 5) is 24.9. The number of carboxylic acids is 1. The molecule has 0 fully saturated rings. The maximum atomic E-state index is 13.0. The van der Waals surface area contributed by atoms with Crippen molar-refractivity contribution in [2.24, 2.45) is 0 Å². The van der Waals surface area contributed by atoms with Crippen LogP contribution in [0.1, 0.15) is 20.7 Å². The summed E-state index contributed by atoms with van der Waals surface area (Å²) in [5.74, 6) is -0.717. The number of amides is 1. The number of aromatic carboxylic acids is 1. The molecular formula is C19H11I4NO4S. The first-order valence-corrected chi connectivity index (χ1v) is 13.1. The van der Waals surface area contributed by atoms with Crippen molar-refractivity contribution in [3.05, 3.63) is 61.1 Å². The predicted molar refractivity (Wildman–Crippen MR) is 149 cm³/mol. The van der Waals surface area contributed by atoms with Crippen LogP contribution in [0.5, 0.6) is 5.75 Å². The van der Waals surface area contributed by atoms with Gasteiger partial charge in [-0.05, 0) is 114 Å². The highest BCUT2D eigenvalue weighted by molar-refractivity contribution is 14.1. The van der Waals surface area contributed by atoms with Crippen molar-refractivity contribution in [3.8, 4) is 16.9 Å². The Labute approximate surface area is 225 Å². The highest BCUT2D eigenvalue weighted by Gasteiger charge is 2.24. The van der Waals surface area contributed by atoms with Gasteiger partial charge in [-0.1, -0.05) is 12.1 Å². The Bertz CT molecular complexity index is 1130. The number of anilines is 1. The van der Waals surface area contributed by atoms with Gasteiger partial charge in [-0.25, -0.2) is 4.79 Å². The van der Waals surface area contributed by atoms with Crippen molar-refractivity contribution in [1.29, 1.82) is 0 Å². The highest BCUT2D eigenvalue weighted by Crippen LogP contribution is 2.38. The normalized spacial score (nSPS) is 10.7. The number of thiophene rings is 1. The van der Waals surface area contributed by atoms with Crippen LogP contribution < -0.4 is 10.1 Å². The molecule has 1 heterocycles. The summed E-state index contributed by atoms with van der Waals surface area (Å²) in [6.07, 6.45) is 0. The van der Waals surface area contributed by atoms with Gasteiger partial charge in [0.15, 0.2) is 0 Å². The zero-order chi connectivity index (χ0) is 21.3. The van der Waals surface area contributed by atoms with Crippen molar-refractivity contribution < 1.29 is 19.4 Å². The van der Waals surface area contributed by atoms with Crippen LogP contribution in [0, 0.1) is 14.3 Å². The fraction of sp³-hybridized carbons (Fsp3) is 0.0526. The Hall–Kier alpha value is -0.200. The minimum atomic E-state index is -1.08. The van der Waals surface area contributed by atoms with Gasteiger partial charge in [0, 0.05) is 18.1 Å². The third-order valence-corrected chi connectivity index (χ3v) is 9.48. The first-order valence-electron chi connectivity index (χ1n) is 7.88. The van der Waals surface area contributed by atoms with Crippen molar-refractivity contribution in [2.75, 3.05) is 12.4 Å². The molecule has 3 aromatic rings. The SMILES string of the molecule is COc1c(I)cc(C(=O)Nc2scc(-c3cccc(I)c3)c2C(=O)O)c(I)c1I. The molecule has 0 radical (unpaired) electrons. The van der Waals surface area contributed by atoms with E-state index in [0.717, 1.165) is 25.6 Å². The number of rotatable bonds is 5. The molecule has 0 bridgehead atoms. The monoisotopic (exact) mass is 857 g/mol. The maximum absolute atomic E-state index is 13.0. The number of ether oxygens (including phenoxy) is 1. The summed E-state index contributed by atoms with van der Waals surface area (Å²) in [7, 11) is 1.59. The number of carboxylic acid groups (broad SMARTS) is 1. The summed E-state index contributed by atoms with van der Waals surface area (Å²) < 4.78 is 8.80. The lowest BCUT2D eigenvalue weighted by Gasteiger charge is -2.13. The van der Waals surface area contributed by atoms with Crippen LogP contribution in [0.3, 0.4) is 0 Å². The molecule has 0 spiro atoms. The number of carbonyl (C=O) groups is 2. The molecule has 0 aliphatic rings. The van der Waals surface area contributed by atoms with Crippen molar-refractivity contribution in [2.45, 2.75) is 0 Å². The summed E-state index contributed by atoms with van der Waals surface area (Å²) in [5.41, 5.74) is 1.96. The average molecular weight is 857 g/mol. The predicted octanol–water partition coefficient (Wildman–Crippen LogP) is 6.79. The van der Waals surface area contributed by atoms with Gasteiger partial charge in [-0.3, -0.25) is 4.79 Å². The van der Waals surface area contributed by atoms with Crippen molar-refractivity contribution >= 4 is 119 Å². The Balaban J connectivity index is 2.01. The lowest BCUT2D eigenvalue weighted by atomic mass is 10.0. The largest absolute Gasteiger partial charge is 0.494 e. The molecule has 3 rings (SSSR count). The van der Waals surface area contributed by atoms with Crippen LogP contribution in [0.15, 0.2) is 35.7 Å². The second-order valence-corrected chi connectivity index (χ2v) is 11.1. The molecule has 0 saturated carbocycles. The number of nitrogens with one attached hydrogen (secondary N) is 1. The molecule has 29 heavy (non-hydrogen) atoms. The van der Waals surface area contributed by atoms with E-state index in [1.54, 1.807) is 18.6 Å². The minimum absolute atomic E-state index is 0.0956. The van der Waals surface area contributed by atoms with E-state index < -0.39 is 5.97 Å². The standard InChI is InChI=1S/C19H11I4NO4S/c1-28-16-12(21)6-10(14(22)15(16)23)17(25)24-18-13(19(26)27)11(7-29-18)8-3-2-4-9(20)5-8/h2-7H,1H3,(H,24,25)(H,26,27). The molecule has 1 aromatic heterocycles. The summed E-state index contributed by atoms with van der Waals surface area (Å²) >= 11 is 9.75.